The van der Waals surface area contributed by atoms with E-state index in [4.69, 9.17) is 0 Å². The minimum Gasteiger partial charge on any atom is -0.103 e. The molecule has 1 rings (SSSR count). The predicted molar refractivity (Wildman–Crippen MR) is 32.2 cm³/mol. The molecule has 1 saturated carbocycles. The Labute approximate surface area is 45.2 Å². The molecule has 0 amide bonds. The third-order valence-electron chi connectivity index (χ3n) is 1.48. The van der Waals surface area contributed by atoms with Crippen LogP contribution in [0.5, 0.6) is 0 Å². The molecule has 0 aromatic heterocycles. The Morgan fingerprint density at radius 2 is 2.29 bits per heavy atom. The molecule has 0 heterocycles. The Balaban J connectivity index is 1.88. The van der Waals surface area contributed by atoms with E-state index in [2.05, 4.69) is 6.58 Å². The van der Waals surface area contributed by atoms with Crippen LogP contribution in [0, 0.1) is 5.92 Å². The molecule has 0 saturated heterocycles. The largest absolute Gasteiger partial charge is 0.103 e. The van der Waals surface area contributed by atoms with Gasteiger partial charge in [-0.2, -0.15) is 0 Å². The van der Waals surface area contributed by atoms with E-state index in [-0.39, 0.29) is 0 Å². The van der Waals surface area contributed by atoms with Gasteiger partial charge in [0, 0.05) is 0 Å². The van der Waals surface area contributed by atoms with E-state index in [0.717, 1.165) is 5.92 Å². The van der Waals surface area contributed by atoms with E-state index in [9.17, 15) is 0 Å². The number of rotatable bonds is 3. The first kappa shape index (κ1) is 4.89. The fourth-order valence-electron chi connectivity index (χ4n) is 0.760. The van der Waals surface area contributed by atoms with Crippen LogP contribution >= 0.6 is 0 Å². The molecule has 0 heteroatoms. The van der Waals surface area contributed by atoms with Gasteiger partial charge in [0.1, 0.15) is 0 Å². The van der Waals surface area contributed by atoms with E-state index >= 15 is 0 Å². The van der Waals surface area contributed by atoms with Crippen molar-refractivity contribution in [2.24, 2.45) is 5.92 Å². The van der Waals surface area contributed by atoms with Crippen molar-refractivity contribution < 1.29 is 0 Å². The molecule has 40 valence electrons. The van der Waals surface area contributed by atoms with E-state index in [1.54, 1.807) is 0 Å². The first-order valence-corrected chi connectivity index (χ1v) is 3.04. The molecule has 0 unspecified atom stereocenters. The standard InChI is InChI=1S/C7H12/c1-2-3-4-7-5-6-7/h2,7H,1,3-6H2/i1+1. The lowest BCUT2D eigenvalue weighted by atomic mass is 10.2. The first-order chi connectivity index (χ1) is 3.43. The van der Waals surface area contributed by atoms with Gasteiger partial charge >= 0.3 is 0 Å². The number of hydrogen-bond acceptors (Lipinski definition) is 0. The second-order valence-electron chi connectivity index (χ2n) is 2.31. The second kappa shape index (κ2) is 2.15. The van der Waals surface area contributed by atoms with Crippen molar-refractivity contribution in [1.82, 2.24) is 0 Å². The van der Waals surface area contributed by atoms with Crippen molar-refractivity contribution in [3.63, 3.8) is 0 Å². The molecular formula is C7H12. The quantitative estimate of drug-likeness (QED) is 0.374. The molecule has 0 radical (unpaired) electrons. The van der Waals surface area contributed by atoms with Gasteiger partial charge in [0.05, 0.1) is 0 Å². The normalized spacial score (nSPS) is 19.4. The minimum absolute atomic E-state index is 1.08. The van der Waals surface area contributed by atoms with Crippen molar-refractivity contribution in [3.8, 4) is 0 Å². The lowest BCUT2D eigenvalue weighted by Gasteiger charge is -1.85. The maximum atomic E-state index is 3.66. The summed E-state index contributed by atoms with van der Waals surface area (Å²) in [6, 6.07) is 0. The van der Waals surface area contributed by atoms with Gasteiger partial charge in [-0.05, 0) is 18.8 Å². The summed E-state index contributed by atoms with van der Waals surface area (Å²) in [5.41, 5.74) is 0. The zero-order valence-electron chi connectivity index (χ0n) is 4.69. The van der Waals surface area contributed by atoms with Crippen LogP contribution in [-0.4, -0.2) is 0 Å². The molecule has 7 heavy (non-hydrogen) atoms. The summed E-state index contributed by atoms with van der Waals surface area (Å²) in [6.07, 6.45) is 7.59. The highest BCUT2D eigenvalue weighted by atomic mass is 14.2. The number of allylic oxidation sites excluding steroid dienone is 1. The van der Waals surface area contributed by atoms with Gasteiger partial charge in [0.2, 0.25) is 0 Å². The van der Waals surface area contributed by atoms with Crippen LogP contribution in [0.2, 0.25) is 0 Å². The SMILES string of the molecule is [13CH2]=CCCC1CC1. The van der Waals surface area contributed by atoms with Gasteiger partial charge in [0.25, 0.3) is 0 Å². The highest BCUT2D eigenvalue weighted by Crippen LogP contribution is 2.33. The van der Waals surface area contributed by atoms with Gasteiger partial charge in [-0.3, -0.25) is 0 Å². The van der Waals surface area contributed by atoms with E-state index in [1.165, 1.54) is 25.7 Å². The monoisotopic (exact) mass is 97.1 g/mol. The second-order valence-corrected chi connectivity index (χ2v) is 2.31. The Morgan fingerprint density at radius 3 is 2.71 bits per heavy atom. The van der Waals surface area contributed by atoms with E-state index in [1.807, 2.05) is 6.08 Å². The summed E-state index contributed by atoms with van der Waals surface area (Å²) in [5.74, 6) is 1.08. The molecule has 0 aromatic carbocycles. The third-order valence-corrected chi connectivity index (χ3v) is 1.48. The first-order valence-electron chi connectivity index (χ1n) is 3.04. The lowest BCUT2D eigenvalue weighted by Crippen LogP contribution is -1.69. The van der Waals surface area contributed by atoms with Gasteiger partial charge in [0.15, 0.2) is 0 Å². The van der Waals surface area contributed by atoms with Crippen molar-refractivity contribution >= 4 is 0 Å². The van der Waals surface area contributed by atoms with E-state index in [0.29, 0.717) is 0 Å². The molecule has 1 aliphatic carbocycles. The topological polar surface area (TPSA) is 0 Å². The van der Waals surface area contributed by atoms with Crippen LogP contribution in [-0.2, 0) is 0 Å². The van der Waals surface area contributed by atoms with Crippen molar-refractivity contribution in [2.75, 3.05) is 0 Å². The van der Waals surface area contributed by atoms with Crippen LogP contribution in [0.25, 0.3) is 0 Å². The fourth-order valence-corrected chi connectivity index (χ4v) is 0.760. The summed E-state index contributed by atoms with van der Waals surface area (Å²) in [6.45, 7) is 3.66. The van der Waals surface area contributed by atoms with Crippen LogP contribution in [0.4, 0.5) is 0 Å². The minimum atomic E-state index is 1.08. The summed E-state index contributed by atoms with van der Waals surface area (Å²) < 4.78 is 0. The molecule has 0 aromatic rings. The average molecular weight is 97.2 g/mol. The Kier molecular flexibility index (Phi) is 1.50. The zero-order chi connectivity index (χ0) is 5.11. The Bertz CT molecular complexity index is 60.4. The third kappa shape index (κ3) is 1.77. The van der Waals surface area contributed by atoms with Crippen LogP contribution in [0.1, 0.15) is 25.7 Å². The fraction of sp³-hybridized carbons (Fsp3) is 0.714. The lowest BCUT2D eigenvalue weighted by molar-refractivity contribution is 0.743. The van der Waals surface area contributed by atoms with Crippen molar-refractivity contribution in [3.05, 3.63) is 12.7 Å². The van der Waals surface area contributed by atoms with Gasteiger partial charge in [-0.1, -0.05) is 18.9 Å². The molecule has 1 aliphatic rings. The summed E-state index contributed by atoms with van der Waals surface area (Å²) >= 11 is 0. The smallest absolute Gasteiger partial charge is 0.0351 e. The molecular weight excluding hydrogens is 85.1 g/mol. The van der Waals surface area contributed by atoms with Gasteiger partial charge < -0.3 is 0 Å². The Hall–Kier alpha value is -0.260. The average Bonchev–Trinajstić information content (AvgIpc) is 2.42. The summed E-state index contributed by atoms with van der Waals surface area (Å²) in [5, 5.41) is 0. The molecule has 0 N–H and O–H groups in total. The van der Waals surface area contributed by atoms with Crippen LogP contribution in [0.15, 0.2) is 12.7 Å². The molecule has 0 spiro atoms. The van der Waals surface area contributed by atoms with Crippen LogP contribution < -0.4 is 0 Å². The van der Waals surface area contributed by atoms with Crippen LogP contribution in [0.3, 0.4) is 0 Å². The van der Waals surface area contributed by atoms with Crippen molar-refractivity contribution in [1.29, 1.82) is 0 Å². The Morgan fingerprint density at radius 1 is 1.57 bits per heavy atom. The van der Waals surface area contributed by atoms with Gasteiger partial charge in [-0.25, -0.2) is 0 Å². The molecule has 1 fully saturated rings. The molecule has 0 aliphatic heterocycles. The van der Waals surface area contributed by atoms with E-state index < -0.39 is 0 Å². The highest BCUT2D eigenvalue weighted by molar-refractivity contribution is 4.77. The summed E-state index contributed by atoms with van der Waals surface area (Å²) in [7, 11) is 0. The molecule has 0 nitrogen and oxygen atoms in total. The maximum absolute atomic E-state index is 3.66. The molecule has 0 bridgehead atoms. The number of hydrogen-bond donors (Lipinski definition) is 0. The predicted octanol–water partition coefficient (Wildman–Crippen LogP) is 2.36. The highest BCUT2D eigenvalue weighted by Gasteiger charge is 2.19. The zero-order valence-corrected chi connectivity index (χ0v) is 4.69. The van der Waals surface area contributed by atoms with Gasteiger partial charge in [-0.15, -0.1) is 6.58 Å². The van der Waals surface area contributed by atoms with Crippen molar-refractivity contribution in [2.45, 2.75) is 25.7 Å². The summed E-state index contributed by atoms with van der Waals surface area (Å²) in [4.78, 5) is 0. The maximum Gasteiger partial charge on any atom is -0.0351 e. The molecule has 0 atom stereocenters.